The van der Waals surface area contributed by atoms with E-state index in [2.05, 4.69) is 14.9 Å². The number of aromatic nitrogens is 4. The van der Waals surface area contributed by atoms with Crippen LogP contribution in [-0.4, -0.2) is 28.0 Å². The molecule has 0 aliphatic carbocycles. The number of hydrogen-bond donors (Lipinski definition) is 1. The number of nitrogens with zero attached hydrogens (tertiary/aromatic N) is 4. The molecule has 0 saturated carbocycles. The molecular formula is C12H19N5O2S. The van der Waals surface area contributed by atoms with Crippen LogP contribution in [0.1, 0.15) is 31.1 Å². The van der Waals surface area contributed by atoms with Gasteiger partial charge in [0.2, 0.25) is 10.0 Å². The second-order valence-electron chi connectivity index (χ2n) is 4.72. The van der Waals surface area contributed by atoms with Crippen molar-refractivity contribution in [1.29, 1.82) is 0 Å². The van der Waals surface area contributed by atoms with Crippen LogP contribution in [0.25, 0.3) is 0 Å². The lowest BCUT2D eigenvalue weighted by atomic mass is 10.1. The summed E-state index contributed by atoms with van der Waals surface area (Å²) >= 11 is 0. The van der Waals surface area contributed by atoms with Crippen molar-refractivity contribution in [2.24, 2.45) is 7.05 Å². The molecule has 7 nitrogen and oxygen atoms in total. The van der Waals surface area contributed by atoms with Crippen LogP contribution >= 0.6 is 0 Å². The lowest BCUT2D eigenvalue weighted by molar-refractivity contribution is 0.566. The molecule has 0 amide bonds. The minimum atomic E-state index is -3.57. The van der Waals surface area contributed by atoms with Crippen LogP contribution in [0.4, 0.5) is 0 Å². The van der Waals surface area contributed by atoms with Crippen molar-refractivity contribution in [2.75, 3.05) is 0 Å². The van der Waals surface area contributed by atoms with Gasteiger partial charge in [0.05, 0.1) is 11.9 Å². The largest absolute Gasteiger partial charge is 0.275 e. The maximum Gasteiger partial charge on any atom is 0.244 e. The molecular weight excluding hydrogens is 278 g/mol. The van der Waals surface area contributed by atoms with E-state index in [4.69, 9.17) is 0 Å². The highest BCUT2D eigenvalue weighted by Crippen LogP contribution is 2.18. The molecule has 0 aromatic carbocycles. The van der Waals surface area contributed by atoms with Crippen molar-refractivity contribution in [3.05, 3.63) is 29.8 Å². The Bertz CT molecular complexity index is 701. The third-order valence-electron chi connectivity index (χ3n) is 3.09. The van der Waals surface area contributed by atoms with Crippen LogP contribution < -0.4 is 4.72 Å². The van der Waals surface area contributed by atoms with Gasteiger partial charge in [-0.2, -0.15) is 10.2 Å². The van der Waals surface area contributed by atoms with E-state index in [-0.39, 0.29) is 10.9 Å². The smallest absolute Gasteiger partial charge is 0.244 e. The van der Waals surface area contributed by atoms with Gasteiger partial charge in [-0.25, -0.2) is 13.1 Å². The lowest BCUT2D eigenvalue weighted by Crippen LogP contribution is -2.26. The Kier molecular flexibility index (Phi) is 3.96. The zero-order valence-electron chi connectivity index (χ0n) is 12.0. The Hall–Kier alpha value is -1.67. The molecule has 110 valence electrons. The van der Waals surface area contributed by atoms with Crippen molar-refractivity contribution in [3.63, 3.8) is 0 Å². The van der Waals surface area contributed by atoms with Crippen LogP contribution in [-0.2, 0) is 23.6 Å². The lowest BCUT2D eigenvalue weighted by Gasteiger charge is -2.12. The van der Waals surface area contributed by atoms with E-state index >= 15 is 0 Å². The van der Waals surface area contributed by atoms with Gasteiger partial charge in [-0.1, -0.05) is 0 Å². The van der Waals surface area contributed by atoms with E-state index in [0.717, 1.165) is 11.3 Å². The Morgan fingerprint density at radius 1 is 1.40 bits per heavy atom. The number of sulfonamides is 1. The second kappa shape index (κ2) is 5.37. The van der Waals surface area contributed by atoms with E-state index in [1.807, 2.05) is 27.1 Å². The third-order valence-corrected chi connectivity index (χ3v) is 4.59. The molecule has 1 unspecified atom stereocenters. The molecule has 0 radical (unpaired) electrons. The molecule has 0 bridgehead atoms. The van der Waals surface area contributed by atoms with E-state index in [1.54, 1.807) is 16.3 Å². The first-order valence-electron chi connectivity index (χ1n) is 6.38. The number of hydrogen-bond acceptors (Lipinski definition) is 4. The summed E-state index contributed by atoms with van der Waals surface area (Å²) in [6, 6.07) is -0.348. The van der Waals surface area contributed by atoms with Gasteiger partial charge in [-0.3, -0.25) is 9.36 Å². The van der Waals surface area contributed by atoms with Crippen molar-refractivity contribution in [1.82, 2.24) is 24.3 Å². The van der Waals surface area contributed by atoms with E-state index in [9.17, 15) is 8.42 Å². The van der Waals surface area contributed by atoms with Crippen molar-refractivity contribution < 1.29 is 8.42 Å². The zero-order valence-corrected chi connectivity index (χ0v) is 12.8. The van der Waals surface area contributed by atoms with E-state index < -0.39 is 10.0 Å². The van der Waals surface area contributed by atoms with Gasteiger partial charge in [-0.05, 0) is 20.8 Å². The third kappa shape index (κ3) is 2.91. The van der Waals surface area contributed by atoms with Crippen LogP contribution in [0.5, 0.6) is 0 Å². The predicted octanol–water partition coefficient (Wildman–Crippen LogP) is 0.984. The molecule has 0 spiro atoms. The van der Waals surface area contributed by atoms with Crippen molar-refractivity contribution >= 4 is 10.0 Å². The molecule has 2 aromatic heterocycles. The Morgan fingerprint density at radius 2 is 2.10 bits per heavy atom. The Labute approximate surface area is 118 Å². The fourth-order valence-electron chi connectivity index (χ4n) is 2.06. The highest BCUT2D eigenvalue weighted by Gasteiger charge is 2.22. The fourth-order valence-corrected chi connectivity index (χ4v) is 3.24. The summed E-state index contributed by atoms with van der Waals surface area (Å²) in [7, 11) is -1.77. The first kappa shape index (κ1) is 14.7. The number of aryl methyl sites for hydroxylation is 3. The van der Waals surface area contributed by atoms with E-state index in [0.29, 0.717) is 6.54 Å². The molecule has 0 aliphatic rings. The number of rotatable bonds is 5. The summed E-state index contributed by atoms with van der Waals surface area (Å²) < 4.78 is 30.4. The summed E-state index contributed by atoms with van der Waals surface area (Å²) in [5.74, 6) is 0. The molecule has 0 fully saturated rings. The average Bonchev–Trinajstić information content (AvgIpc) is 2.95. The molecule has 1 atom stereocenters. The predicted molar refractivity (Wildman–Crippen MR) is 74.6 cm³/mol. The summed E-state index contributed by atoms with van der Waals surface area (Å²) in [5, 5.41) is 8.20. The van der Waals surface area contributed by atoms with Gasteiger partial charge in [0.25, 0.3) is 0 Å². The maximum absolute atomic E-state index is 12.3. The Morgan fingerprint density at radius 3 is 2.60 bits per heavy atom. The molecule has 0 aliphatic heterocycles. The molecule has 1 N–H and O–H groups in total. The second-order valence-corrected chi connectivity index (χ2v) is 6.43. The van der Waals surface area contributed by atoms with E-state index in [1.165, 1.54) is 12.4 Å². The molecule has 0 saturated heterocycles. The summed E-state index contributed by atoms with van der Waals surface area (Å²) in [4.78, 5) is 0.174. The van der Waals surface area contributed by atoms with Gasteiger partial charge in [-0.15, -0.1) is 0 Å². The average molecular weight is 297 g/mol. The van der Waals surface area contributed by atoms with Crippen LogP contribution in [0.2, 0.25) is 0 Å². The fraction of sp³-hybridized carbons (Fsp3) is 0.500. The number of nitrogens with one attached hydrogen (secondary N) is 1. The van der Waals surface area contributed by atoms with Crippen molar-refractivity contribution in [2.45, 2.75) is 38.3 Å². The highest BCUT2D eigenvalue weighted by molar-refractivity contribution is 7.89. The van der Waals surface area contributed by atoms with Gasteiger partial charge >= 0.3 is 0 Å². The Balaban J connectivity index is 2.21. The van der Waals surface area contributed by atoms with Crippen LogP contribution in [0, 0.1) is 6.92 Å². The summed E-state index contributed by atoms with van der Waals surface area (Å²) in [6.07, 6.45) is 4.69. The zero-order chi connectivity index (χ0) is 14.9. The maximum atomic E-state index is 12.3. The monoisotopic (exact) mass is 297 g/mol. The van der Waals surface area contributed by atoms with Gasteiger partial charge < -0.3 is 0 Å². The first-order valence-corrected chi connectivity index (χ1v) is 7.86. The summed E-state index contributed by atoms with van der Waals surface area (Å²) in [5.41, 5.74) is 1.67. The SMILES string of the molecule is CCn1cc(S(=O)(=O)NC(C)c2cn(C)nc2C)cn1. The standard InChI is InChI=1S/C12H19N5O2S/c1-5-17-7-11(6-13-17)20(18,19)15-10(3)12-8-16(4)14-9(12)2/h6-8,10,15H,5H2,1-4H3. The quantitative estimate of drug-likeness (QED) is 0.892. The summed E-state index contributed by atoms with van der Waals surface area (Å²) in [6.45, 7) is 6.19. The van der Waals surface area contributed by atoms with Gasteiger partial charge in [0.1, 0.15) is 4.90 Å². The van der Waals surface area contributed by atoms with Crippen molar-refractivity contribution in [3.8, 4) is 0 Å². The first-order chi connectivity index (χ1) is 9.33. The molecule has 8 heteroatoms. The van der Waals surface area contributed by atoms with Crippen LogP contribution in [0.15, 0.2) is 23.5 Å². The minimum Gasteiger partial charge on any atom is -0.275 e. The molecule has 20 heavy (non-hydrogen) atoms. The highest BCUT2D eigenvalue weighted by atomic mass is 32.2. The normalized spacial score (nSPS) is 13.6. The molecule has 2 rings (SSSR count). The molecule has 2 heterocycles. The minimum absolute atomic E-state index is 0.174. The molecule has 2 aromatic rings. The van der Waals surface area contributed by atoms with Gasteiger partial charge in [0.15, 0.2) is 0 Å². The van der Waals surface area contributed by atoms with Gasteiger partial charge in [0, 0.05) is 37.6 Å². The topological polar surface area (TPSA) is 81.8 Å². The van der Waals surface area contributed by atoms with Crippen LogP contribution in [0.3, 0.4) is 0 Å².